The van der Waals surface area contributed by atoms with Gasteiger partial charge in [-0.15, -0.1) is 11.3 Å². The normalized spacial score (nSPS) is 11.5. The summed E-state index contributed by atoms with van der Waals surface area (Å²) >= 11 is 1.25. The number of benzene rings is 1. The van der Waals surface area contributed by atoms with Crippen molar-refractivity contribution < 1.29 is 15.0 Å². The summed E-state index contributed by atoms with van der Waals surface area (Å²) < 4.78 is 0. The number of phenols is 2. The Balaban J connectivity index is 1.69. The molecule has 7 nitrogen and oxygen atoms in total. The summed E-state index contributed by atoms with van der Waals surface area (Å²) in [5, 5.41) is 32.9. The van der Waals surface area contributed by atoms with Gasteiger partial charge in [0.2, 0.25) is 5.91 Å². The quantitative estimate of drug-likeness (QED) is 0.597. The average molecular weight is 366 g/mol. The molecule has 1 aromatic carbocycles. The number of hydrogen-bond acceptors (Lipinski definition) is 7. The molecule has 3 rings (SSSR count). The Kier molecular flexibility index (Phi) is 5.10. The highest BCUT2D eigenvalue weighted by Crippen LogP contribution is 2.27. The number of nitriles is 1. The molecule has 2 heterocycles. The first kappa shape index (κ1) is 17.4. The van der Waals surface area contributed by atoms with E-state index in [1.807, 2.05) is 18.2 Å². The fourth-order valence-corrected chi connectivity index (χ4v) is 2.99. The summed E-state index contributed by atoms with van der Waals surface area (Å²) in [6.07, 6.45) is 1.76. The van der Waals surface area contributed by atoms with Crippen LogP contribution in [0.3, 0.4) is 0 Å². The lowest BCUT2D eigenvalue weighted by Crippen LogP contribution is -2.23. The van der Waals surface area contributed by atoms with E-state index in [2.05, 4.69) is 15.3 Å². The van der Waals surface area contributed by atoms with E-state index >= 15 is 0 Å². The first-order valence-corrected chi connectivity index (χ1v) is 8.53. The summed E-state index contributed by atoms with van der Waals surface area (Å²) in [6, 6.07) is 11.6. The van der Waals surface area contributed by atoms with Crippen LogP contribution in [-0.2, 0) is 11.2 Å². The number of aromatic nitrogens is 2. The zero-order valence-corrected chi connectivity index (χ0v) is 14.3. The van der Waals surface area contributed by atoms with E-state index in [1.54, 1.807) is 23.7 Å². The monoisotopic (exact) mass is 366 g/mol. The van der Waals surface area contributed by atoms with Crippen molar-refractivity contribution in [2.75, 3.05) is 5.32 Å². The lowest BCUT2D eigenvalue weighted by atomic mass is 9.99. The number of carbonyl (C=O) groups is 1. The van der Waals surface area contributed by atoms with Crippen molar-refractivity contribution in [3.63, 3.8) is 0 Å². The Bertz CT molecular complexity index is 966. The average Bonchev–Trinajstić information content (AvgIpc) is 3.11. The van der Waals surface area contributed by atoms with Gasteiger partial charge >= 0.3 is 0 Å². The van der Waals surface area contributed by atoms with Crippen LogP contribution in [0.15, 0.2) is 48.0 Å². The molecule has 1 amide bonds. The molecule has 3 N–H and O–H groups in total. The van der Waals surface area contributed by atoms with Crippen LogP contribution in [0.5, 0.6) is 11.5 Å². The number of nitrogens with one attached hydrogen (secondary N) is 1. The maximum Gasteiger partial charge on any atom is 0.243 e. The second kappa shape index (κ2) is 7.63. The van der Waals surface area contributed by atoms with Crippen molar-refractivity contribution in [3.8, 4) is 29.0 Å². The number of carbonyl (C=O) groups excluding carboxylic acids is 1. The van der Waals surface area contributed by atoms with Crippen LogP contribution in [0.25, 0.3) is 11.4 Å². The molecule has 1 atom stereocenters. The highest BCUT2D eigenvalue weighted by molar-refractivity contribution is 7.14. The van der Waals surface area contributed by atoms with Gasteiger partial charge < -0.3 is 15.5 Å². The predicted octanol–water partition coefficient (Wildman–Crippen LogP) is 2.94. The molecule has 130 valence electrons. The van der Waals surface area contributed by atoms with Crippen LogP contribution in [0.2, 0.25) is 0 Å². The van der Waals surface area contributed by atoms with E-state index in [-0.39, 0.29) is 17.9 Å². The molecule has 0 aliphatic carbocycles. The molecule has 0 bridgehead atoms. The SMILES string of the molecule is N#CC(Cc1ccc(O)c(O)c1)C(=O)Nc1nc(-c2ccccn2)cs1. The first-order chi connectivity index (χ1) is 12.6. The third kappa shape index (κ3) is 3.96. The van der Waals surface area contributed by atoms with Crippen molar-refractivity contribution >= 4 is 22.4 Å². The number of pyridine rings is 1. The molecule has 8 heteroatoms. The standard InChI is InChI=1S/C18H14N4O3S/c19-9-12(7-11-4-5-15(23)16(24)8-11)17(25)22-18-21-14(10-26-18)13-3-1-2-6-20-13/h1-6,8,10,12,23-24H,7H2,(H,21,22,25). The molecule has 2 aromatic heterocycles. The van der Waals surface area contributed by atoms with Crippen molar-refractivity contribution in [2.45, 2.75) is 6.42 Å². The first-order valence-electron chi connectivity index (χ1n) is 7.65. The van der Waals surface area contributed by atoms with Gasteiger partial charge in [0.1, 0.15) is 11.6 Å². The minimum absolute atomic E-state index is 0.106. The highest BCUT2D eigenvalue weighted by atomic mass is 32.1. The summed E-state index contributed by atoms with van der Waals surface area (Å²) in [5.41, 5.74) is 1.90. The van der Waals surface area contributed by atoms with E-state index < -0.39 is 11.8 Å². The molecule has 26 heavy (non-hydrogen) atoms. The van der Waals surface area contributed by atoms with Crippen LogP contribution < -0.4 is 5.32 Å². The van der Waals surface area contributed by atoms with Crippen LogP contribution in [-0.4, -0.2) is 26.1 Å². The Labute approximate surface area is 153 Å². The predicted molar refractivity (Wildman–Crippen MR) is 96.6 cm³/mol. The van der Waals surface area contributed by atoms with Gasteiger partial charge in [-0.2, -0.15) is 5.26 Å². The molecule has 0 spiro atoms. The second-order valence-electron chi connectivity index (χ2n) is 5.45. The fourth-order valence-electron chi connectivity index (χ4n) is 2.28. The van der Waals surface area contributed by atoms with Crippen LogP contribution >= 0.6 is 11.3 Å². The van der Waals surface area contributed by atoms with Gasteiger partial charge in [-0.3, -0.25) is 9.78 Å². The van der Waals surface area contributed by atoms with Gasteiger partial charge in [-0.25, -0.2) is 4.98 Å². The molecular formula is C18H14N4O3S. The molecule has 0 saturated heterocycles. The molecule has 0 aliphatic heterocycles. The molecule has 0 fully saturated rings. The number of hydrogen-bond donors (Lipinski definition) is 3. The summed E-state index contributed by atoms with van der Waals surface area (Å²) in [7, 11) is 0. The van der Waals surface area contributed by atoms with E-state index in [0.29, 0.717) is 22.1 Å². The minimum Gasteiger partial charge on any atom is -0.504 e. The van der Waals surface area contributed by atoms with E-state index in [0.717, 1.165) is 0 Å². The van der Waals surface area contributed by atoms with Gasteiger partial charge in [-0.05, 0) is 36.2 Å². The third-order valence-corrected chi connectivity index (χ3v) is 4.37. The molecule has 1 unspecified atom stereocenters. The van der Waals surface area contributed by atoms with Crippen LogP contribution in [0, 0.1) is 17.2 Å². The van der Waals surface area contributed by atoms with Gasteiger partial charge in [0.15, 0.2) is 16.6 Å². The number of nitrogens with zero attached hydrogens (tertiary/aromatic N) is 3. The highest BCUT2D eigenvalue weighted by Gasteiger charge is 2.20. The van der Waals surface area contributed by atoms with Crippen molar-refractivity contribution in [1.82, 2.24) is 9.97 Å². The minimum atomic E-state index is -0.957. The number of thiazole rings is 1. The van der Waals surface area contributed by atoms with Gasteiger partial charge in [-0.1, -0.05) is 12.1 Å². The van der Waals surface area contributed by atoms with Crippen molar-refractivity contribution in [1.29, 1.82) is 5.26 Å². The Morgan fingerprint density at radius 3 is 2.77 bits per heavy atom. The van der Waals surface area contributed by atoms with E-state index in [1.165, 1.54) is 23.5 Å². The summed E-state index contributed by atoms with van der Waals surface area (Å²) in [4.78, 5) is 20.9. The zero-order chi connectivity index (χ0) is 18.5. The molecule has 0 radical (unpaired) electrons. The Morgan fingerprint density at radius 1 is 1.23 bits per heavy atom. The molecular weight excluding hydrogens is 352 g/mol. The zero-order valence-electron chi connectivity index (χ0n) is 13.5. The largest absolute Gasteiger partial charge is 0.504 e. The number of phenolic OH excluding ortho intramolecular Hbond substituents is 2. The third-order valence-electron chi connectivity index (χ3n) is 3.61. The number of anilines is 1. The number of aromatic hydroxyl groups is 2. The summed E-state index contributed by atoms with van der Waals surface area (Å²) in [6.45, 7) is 0. The lowest BCUT2D eigenvalue weighted by Gasteiger charge is -2.09. The lowest BCUT2D eigenvalue weighted by molar-refractivity contribution is -0.118. The van der Waals surface area contributed by atoms with Crippen molar-refractivity contribution in [2.24, 2.45) is 5.92 Å². The smallest absolute Gasteiger partial charge is 0.243 e. The van der Waals surface area contributed by atoms with E-state index in [4.69, 9.17) is 0 Å². The second-order valence-corrected chi connectivity index (χ2v) is 6.31. The topological polar surface area (TPSA) is 119 Å². The molecule has 0 aliphatic rings. The summed E-state index contributed by atoms with van der Waals surface area (Å²) in [5.74, 6) is -1.99. The molecule has 0 saturated carbocycles. The van der Waals surface area contributed by atoms with Crippen molar-refractivity contribution in [3.05, 3.63) is 53.5 Å². The maximum absolute atomic E-state index is 12.4. The van der Waals surface area contributed by atoms with Gasteiger partial charge in [0, 0.05) is 11.6 Å². The molecule has 3 aromatic rings. The van der Waals surface area contributed by atoms with Gasteiger partial charge in [0.25, 0.3) is 0 Å². The van der Waals surface area contributed by atoms with Crippen LogP contribution in [0.4, 0.5) is 5.13 Å². The maximum atomic E-state index is 12.4. The fraction of sp³-hybridized carbons (Fsp3) is 0.111. The van der Waals surface area contributed by atoms with E-state index in [9.17, 15) is 20.3 Å². The Hall–Kier alpha value is -3.44. The number of amides is 1. The Morgan fingerprint density at radius 2 is 2.08 bits per heavy atom. The van der Waals surface area contributed by atoms with Crippen LogP contribution in [0.1, 0.15) is 5.56 Å². The van der Waals surface area contributed by atoms with Gasteiger partial charge in [0.05, 0.1) is 11.8 Å². The number of rotatable bonds is 5.